The molecular weight excluding hydrogens is 272 g/mol. The second-order valence-corrected chi connectivity index (χ2v) is 6.55. The molecule has 1 unspecified atom stereocenters. The van der Waals surface area contributed by atoms with Gasteiger partial charge in [-0.2, -0.15) is 0 Å². The lowest BCUT2D eigenvalue weighted by molar-refractivity contribution is 0.214. The minimum atomic E-state index is -0.783. The van der Waals surface area contributed by atoms with Crippen molar-refractivity contribution in [3.05, 3.63) is 53.6 Å². The molecule has 1 aromatic rings. The zero-order valence-electron chi connectivity index (χ0n) is 13.5. The first-order valence-electron chi connectivity index (χ1n) is 8.21. The Balaban J connectivity index is 2.01. The van der Waals surface area contributed by atoms with Crippen molar-refractivity contribution in [3.63, 3.8) is 0 Å². The van der Waals surface area contributed by atoms with Gasteiger partial charge in [-0.1, -0.05) is 50.3 Å². The van der Waals surface area contributed by atoms with Crippen molar-refractivity contribution in [3.8, 4) is 0 Å². The molecule has 0 amide bonds. The van der Waals surface area contributed by atoms with E-state index in [9.17, 15) is 0 Å². The lowest BCUT2D eigenvalue weighted by Crippen LogP contribution is -2.61. The van der Waals surface area contributed by atoms with Crippen LogP contribution in [0, 0.1) is 5.41 Å². The molecule has 3 nitrogen and oxygen atoms in total. The Labute approximate surface area is 133 Å². The highest BCUT2D eigenvalue weighted by Gasteiger charge is 2.42. The smallest absolute Gasteiger partial charge is 0.0924 e. The second kappa shape index (κ2) is 5.65. The van der Waals surface area contributed by atoms with E-state index < -0.39 is 5.66 Å². The van der Waals surface area contributed by atoms with Crippen molar-refractivity contribution in [1.29, 1.82) is 0 Å². The van der Waals surface area contributed by atoms with Crippen LogP contribution in [0.3, 0.4) is 0 Å². The van der Waals surface area contributed by atoms with Crippen LogP contribution in [0.15, 0.2) is 42.5 Å². The van der Waals surface area contributed by atoms with Gasteiger partial charge in [0.05, 0.1) is 18.4 Å². The van der Waals surface area contributed by atoms with E-state index in [1.165, 1.54) is 16.7 Å². The topological polar surface area (TPSA) is 64.6 Å². The van der Waals surface area contributed by atoms with Crippen LogP contribution in [0.5, 0.6) is 0 Å². The summed E-state index contributed by atoms with van der Waals surface area (Å²) in [4.78, 5) is 0. The molecule has 3 rings (SSSR count). The molecule has 1 aromatic carbocycles. The zero-order valence-corrected chi connectivity index (χ0v) is 13.5. The summed E-state index contributed by atoms with van der Waals surface area (Å²) in [7, 11) is 0. The summed E-state index contributed by atoms with van der Waals surface area (Å²) >= 11 is 0. The molecular formula is C19H26N2O. The maximum Gasteiger partial charge on any atom is 0.0924 e. The Kier molecular flexibility index (Phi) is 3.98. The van der Waals surface area contributed by atoms with Crippen LogP contribution in [0.2, 0.25) is 0 Å². The van der Waals surface area contributed by atoms with Crippen LogP contribution in [0.25, 0.3) is 5.57 Å². The van der Waals surface area contributed by atoms with Gasteiger partial charge in [-0.25, -0.2) is 0 Å². The van der Waals surface area contributed by atoms with Gasteiger partial charge in [0.25, 0.3) is 0 Å². The van der Waals surface area contributed by atoms with Crippen molar-refractivity contribution in [2.24, 2.45) is 16.9 Å². The minimum absolute atomic E-state index is 0.194. The number of epoxide rings is 1. The molecule has 2 aliphatic rings. The van der Waals surface area contributed by atoms with Gasteiger partial charge in [0.2, 0.25) is 0 Å². The highest BCUT2D eigenvalue weighted by Crippen LogP contribution is 2.43. The summed E-state index contributed by atoms with van der Waals surface area (Å²) < 4.78 is 5.39. The Bertz CT molecular complexity index is 608. The third-order valence-electron chi connectivity index (χ3n) is 5.27. The Morgan fingerprint density at radius 1 is 1.18 bits per heavy atom. The molecule has 4 N–H and O–H groups in total. The van der Waals surface area contributed by atoms with Gasteiger partial charge in [-0.15, -0.1) is 0 Å². The molecule has 1 saturated heterocycles. The largest absolute Gasteiger partial charge is 0.373 e. The van der Waals surface area contributed by atoms with Gasteiger partial charge in [-0.05, 0) is 35.6 Å². The van der Waals surface area contributed by atoms with E-state index in [1.54, 1.807) is 0 Å². The summed E-state index contributed by atoms with van der Waals surface area (Å²) in [6, 6.07) is 8.56. The van der Waals surface area contributed by atoms with Crippen molar-refractivity contribution < 1.29 is 4.74 Å². The Morgan fingerprint density at radius 3 is 2.50 bits per heavy atom. The summed E-state index contributed by atoms with van der Waals surface area (Å²) in [5, 5.41) is 0. The minimum Gasteiger partial charge on any atom is -0.373 e. The predicted molar refractivity (Wildman–Crippen MR) is 91.1 cm³/mol. The number of nitrogens with two attached hydrogens (primary N) is 2. The van der Waals surface area contributed by atoms with E-state index in [0.717, 1.165) is 25.9 Å². The van der Waals surface area contributed by atoms with E-state index >= 15 is 0 Å². The van der Waals surface area contributed by atoms with E-state index in [2.05, 4.69) is 50.3 Å². The number of rotatable bonds is 5. The van der Waals surface area contributed by atoms with Crippen molar-refractivity contribution >= 4 is 5.57 Å². The SMILES string of the molecule is CCC1(CC)C=C(c2ccccc2CC2CO2)C=CC1(N)N. The van der Waals surface area contributed by atoms with Crippen molar-refractivity contribution in [2.45, 2.75) is 44.9 Å². The molecule has 22 heavy (non-hydrogen) atoms. The monoisotopic (exact) mass is 298 g/mol. The standard InChI is InChI=1S/C19H26N2O/c1-3-18(4-2)12-15(9-10-19(18,20)21)17-8-6-5-7-14(17)11-16-13-22-16/h5-10,12,16H,3-4,11,13,20-21H2,1-2H3. The Morgan fingerprint density at radius 2 is 1.86 bits per heavy atom. The summed E-state index contributed by atoms with van der Waals surface area (Å²) in [5.74, 6) is 0. The molecule has 1 aliphatic heterocycles. The highest BCUT2D eigenvalue weighted by atomic mass is 16.6. The molecule has 0 radical (unpaired) electrons. The Hall–Kier alpha value is -1.42. The molecule has 0 bridgehead atoms. The van der Waals surface area contributed by atoms with Gasteiger partial charge < -0.3 is 16.2 Å². The van der Waals surface area contributed by atoms with E-state index in [4.69, 9.17) is 16.2 Å². The fourth-order valence-electron chi connectivity index (χ4n) is 3.51. The summed E-state index contributed by atoms with van der Waals surface area (Å²) in [6.07, 6.45) is 9.56. The first kappa shape index (κ1) is 15.5. The molecule has 1 atom stereocenters. The number of allylic oxidation sites excluding steroid dienone is 2. The van der Waals surface area contributed by atoms with Crippen LogP contribution >= 0.6 is 0 Å². The molecule has 0 aromatic heterocycles. The second-order valence-electron chi connectivity index (χ2n) is 6.55. The molecule has 0 saturated carbocycles. The van der Waals surface area contributed by atoms with Crippen LogP contribution < -0.4 is 11.5 Å². The number of benzene rings is 1. The quantitative estimate of drug-likeness (QED) is 0.649. The molecule has 118 valence electrons. The summed E-state index contributed by atoms with van der Waals surface area (Å²) in [5.41, 5.74) is 15.6. The molecule has 3 heteroatoms. The van der Waals surface area contributed by atoms with Gasteiger partial charge in [0, 0.05) is 11.8 Å². The lowest BCUT2D eigenvalue weighted by atomic mass is 9.67. The third-order valence-corrected chi connectivity index (χ3v) is 5.27. The lowest BCUT2D eigenvalue weighted by Gasteiger charge is -2.44. The van der Waals surface area contributed by atoms with Gasteiger partial charge in [0.15, 0.2) is 0 Å². The van der Waals surface area contributed by atoms with Crippen LogP contribution in [-0.2, 0) is 11.2 Å². The normalized spacial score (nSPS) is 24.9. The fraction of sp³-hybridized carbons (Fsp3) is 0.474. The van der Waals surface area contributed by atoms with Crippen LogP contribution in [0.1, 0.15) is 37.8 Å². The molecule has 0 spiro atoms. The van der Waals surface area contributed by atoms with E-state index in [0.29, 0.717) is 6.10 Å². The van der Waals surface area contributed by atoms with Gasteiger partial charge >= 0.3 is 0 Å². The third kappa shape index (κ3) is 2.65. The fourth-order valence-corrected chi connectivity index (χ4v) is 3.51. The number of hydrogen-bond donors (Lipinski definition) is 2. The van der Waals surface area contributed by atoms with Gasteiger partial charge in [-0.3, -0.25) is 0 Å². The van der Waals surface area contributed by atoms with E-state index in [1.807, 2.05) is 6.08 Å². The highest BCUT2D eigenvalue weighted by molar-refractivity contribution is 5.78. The van der Waals surface area contributed by atoms with Crippen LogP contribution in [-0.4, -0.2) is 18.4 Å². The summed E-state index contributed by atoms with van der Waals surface area (Å²) in [6.45, 7) is 5.20. The number of hydrogen-bond acceptors (Lipinski definition) is 3. The first-order chi connectivity index (χ1) is 10.5. The maximum atomic E-state index is 6.37. The molecule has 1 fully saturated rings. The zero-order chi connectivity index (χ0) is 15.8. The van der Waals surface area contributed by atoms with E-state index in [-0.39, 0.29) is 5.41 Å². The molecule has 1 heterocycles. The average Bonchev–Trinajstić information content (AvgIpc) is 3.32. The predicted octanol–water partition coefficient (Wildman–Crippen LogP) is 3.00. The first-order valence-corrected chi connectivity index (χ1v) is 8.21. The molecule has 1 aliphatic carbocycles. The number of ether oxygens (including phenoxy) is 1. The van der Waals surface area contributed by atoms with Gasteiger partial charge in [0.1, 0.15) is 0 Å². The average molecular weight is 298 g/mol. The van der Waals surface area contributed by atoms with Crippen molar-refractivity contribution in [2.75, 3.05) is 6.61 Å². The van der Waals surface area contributed by atoms with Crippen molar-refractivity contribution in [1.82, 2.24) is 0 Å². The maximum absolute atomic E-state index is 6.37. The van der Waals surface area contributed by atoms with Crippen LogP contribution in [0.4, 0.5) is 0 Å².